The zero-order chi connectivity index (χ0) is 15.0. The Morgan fingerprint density at radius 2 is 1.95 bits per heavy atom. The largest absolute Gasteiger partial charge is 0.480 e. The van der Waals surface area contributed by atoms with Crippen LogP contribution < -0.4 is 10.6 Å². The zero-order valence-electron chi connectivity index (χ0n) is 11.5. The van der Waals surface area contributed by atoms with Crippen LogP contribution in [0.25, 0.3) is 0 Å². The van der Waals surface area contributed by atoms with Crippen molar-refractivity contribution in [2.45, 2.75) is 31.8 Å². The van der Waals surface area contributed by atoms with E-state index in [1.54, 1.807) is 6.08 Å². The van der Waals surface area contributed by atoms with Gasteiger partial charge in [0.05, 0.1) is 0 Å². The fourth-order valence-electron chi connectivity index (χ4n) is 1.78. The van der Waals surface area contributed by atoms with E-state index in [1.165, 1.54) is 0 Å². The zero-order valence-corrected chi connectivity index (χ0v) is 11.5. The number of carbonyl (C=O) groups excluding carboxylic acids is 1. The third-order valence-electron chi connectivity index (χ3n) is 2.78. The molecule has 1 aromatic rings. The molecule has 1 rings (SSSR count). The molecule has 0 saturated heterocycles. The molecule has 0 aliphatic carbocycles. The minimum Gasteiger partial charge on any atom is -0.480 e. The molecule has 2 amide bonds. The maximum absolute atomic E-state index is 11.7. The van der Waals surface area contributed by atoms with Crippen LogP contribution >= 0.6 is 0 Å². The first-order valence-electron chi connectivity index (χ1n) is 6.47. The summed E-state index contributed by atoms with van der Waals surface area (Å²) in [4.78, 5) is 22.9. The Hall–Kier alpha value is -2.30. The van der Waals surface area contributed by atoms with Crippen molar-refractivity contribution in [2.75, 3.05) is 0 Å². The summed E-state index contributed by atoms with van der Waals surface area (Å²) < 4.78 is 0. The molecular weight excluding hydrogens is 256 g/mol. The Labute approximate surface area is 118 Å². The molecule has 0 radical (unpaired) electrons. The van der Waals surface area contributed by atoms with Gasteiger partial charge in [0.2, 0.25) is 0 Å². The minimum atomic E-state index is -1.06. The first-order valence-corrected chi connectivity index (χ1v) is 6.47. The molecule has 108 valence electrons. The van der Waals surface area contributed by atoms with Crippen molar-refractivity contribution >= 4 is 12.0 Å². The van der Waals surface area contributed by atoms with Crippen molar-refractivity contribution in [1.29, 1.82) is 0 Å². The SMILES string of the molecule is C=CCC(C)NC(=O)N[C@H](Cc1ccccc1)C(=O)O. The van der Waals surface area contributed by atoms with Gasteiger partial charge in [-0.2, -0.15) is 0 Å². The van der Waals surface area contributed by atoms with Gasteiger partial charge in [-0.25, -0.2) is 9.59 Å². The quantitative estimate of drug-likeness (QED) is 0.666. The minimum absolute atomic E-state index is 0.0846. The van der Waals surface area contributed by atoms with Gasteiger partial charge in [-0.1, -0.05) is 36.4 Å². The van der Waals surface area contributed by atoms with E-state index in [1.807, 2.05) is 37.3 Å². The Bertz CT molecular complexity index is 459. The molecule has 1 unspecified atom stereocenters. The number of rotatable bonds is 7. The molecule has 5 heteroatoms. The van der Waals surface area contributed by atoms with E-state index in [9.17, 15) is 9.59 Å². The van der Waals surface area contributed by atoms with Crippen LogP contribution in [0.4, 0.5) is 4.79 Å². The molecule has 0 aliphatic heterocycles. The van der Waals surface area contributed by atoms with Crippen LogP contribution in [0.2, 0.25) is 0 Å². The molecule has 3 N–H and O–H groups in total. The highest BCUT2D eigenvalue weighted by atomic mass is 16.4. The van der Waals surface area contributed by atoms with E-state index in [0.29, 0.717) is 6.42 Å². The monoisotopic (exact) mass is 276 g/mol. The second-order valence-corrected chi connectivity index (χ2v) is 4.62. The second-order valence-electron chi connectivity index (χ2n) is 4.62. The summed E-state index contributed by atoms with van der Waals surface area (Å²) >= 11 is 0. The predicted molar refractivity (Wildman–Crippen MR) is 77.5 cm³/mol. The topological polar surface area (TPSA) is 78.4 Å². The fourth-order valence-corrected chi connectivity index (χ4v) is 1.78. The van der Waals surface area contributed by atoms with Crippen molar-refractivity contribution in [1.82, 2.24) is 10.6 Å². The Morgan fingerprint density at radius 3 is 2.50 bits per heavy atom. The van der Waals surface area contributed by atoms with Gasteiger partial charge in [0.25, 0.3) is 0 Å². The maximum atomic E-state index is 11.7. The Kier molecular flexibility index (Phi) is 6.29. The van der Waals surface area contributed by atoms with Gasteiger partial charge in [0.1, 0.15) is 6.04 Å². The van der Waals surface area contributed by atoms with Crippen molar-refractivity contribution in [3.8, 4) is 0 Å². The molecule has 1 aromatic carbocycles. The average Bonchev–Trinajstić information content (AvgIpc) is 2.39. The highest BCUT2D eigenvalue weighted by molar-refractivity contribution is 5.82. The molecule has 0 fully saturated rings. The van der Waals surface area contributed by atoms with Crippen molar-refractivity contribution < 1.29 is 14.7 Å². The van der Waals surface area contributed by atoms with E-state index in [4.69, 9.17) is 5.11 Å². The molecule has 0 bridgehead atoms. The van der Waals surface area contributed by atoms with E-state index in [0.717, 1.165) is 5.56 Å². The summed E-state index contributed by atoms with van der Waals surface area (Å²) in [7, 11) is 0. The third-order valence-corrected chi connectivity index (χ3v) is 2.78. The molecular formula is C15H20N2O3. The Balaban J connectivity index is 2.57. The molecule has 0 aliphatic rings. The number of urea groups is 1. The smallest absolute Gasteiger partial charge is 0.326 e. The molecule has 20 heavy (non-hydrogen) atoms. The standard InChI is InChI=1S/C15H20N2O3/c1-3-7-11(2)16-15(20)17-13(14(18)19)10-12-8-5-4-6-9-12/h3-6,8-9,11,13H,1,7,10H2,2H3,(H,18,19)(H2,16,17,20)/t11?,13-/m1/s1. The van der Waals surface area contributed by atoms with E-state index in [-0.39, 0.29) is 12.5 Å². The first kappa shape index (κ1) is 15.8. The van der Waals surface area contributed by atoms with Crippen LogP contribution in [0.15, 0.2) is 43.0 Å². The number of nitrogens with one attached hydrogen (secondary N) is 2. The highest BCUT2D eigenvalue weighted by Gasteiger charge is 2.20. The number of hydrogen-bond acceptors (Lipinski definition) is 2. The van der Waals surface area contributed by atoms with Crippen LogP contribution in [0.3, 0.4) is 0 Å². The van der Waals surface area contributed by atoms with Crippen LogP contribution in [-0.4, -0.2) is 29.2 Å². The van der Waals surface area contributed by atoms with Crippen molar-refractivity contribution in [3.63, 3.8) is 0 Å². The molecule has 0 spiro atoms. The number of carboxylic acids is 1. The van der Waals surface area contributed by atoms with Gasteiger partial charge in [-0.15, -0.1) is 6.58 Å². The molecule has 0 heterocycles. The number of hydrogen-bond donors (Lipinski definition) is 3. The van der Waals surface area contributed by atoms with E-state index >= 15 is 0 Å². The number of carboxylic acid groups (broad SMARTS) is 1. The van der Waals surface area contributed by atoms with Crippen LogP contribution in [0, 0.1) is 0 Å². The predicted octanol–water partition coefficient (Wildman–Crippen LogP) is 1.95. The fraction of sp³-hybridized carbons (Fsp3) is 0.333. The normalized spacial score (nSPS) is 13.1. The van der Waals surface area contributed by atoms with Gasteiger partial charge < -0.3 is 15.7 Å². The first-order chi connectivity index (χ1) is 9.52. The van der Waals surface area contributed by atoms with Gasteiger partial charge in [-0.05, 0) is 18.9 Å². The average molecular weight is 276 g/mol. The van der Waals surface area contributed by atoms with Gasteiger partial charge in [-0.3, -0.25) is 0 Å². The summed E-state index contributed by atoms with van der Waals surface area (Å²) in [5.41, 5.74) is 0.860. The number of carbonyl (C=O) groups is 2. The van der Waals surface area contributed by atoms with Crippen LogP contribution in [0.5, 0.6) is 0 Å². The lowest BCUT2D eigenvalue weighted by Gasteiger charge is -2.17. The molecule has 5 nitrogen and oxygen atoms in total. The summed E-state index contributed by atoms with van der Waals surface area (Å²) in [5.74, 6) is -1.06. The lowest BCUT2D eigenvalue weighted by Crippen LogP contribution is -2.49. The summed E-state index contributed by atoms with van der Waals surface area (Å²) in [6.07, 6.45) is 2.58. The highest BCUT2D eigenvalue weighted by Crippen LogP contribution is 2.03. The second kappa shape index (κ2) is 7.99. The van der Waals surface area contributed by atoms with Crippen molar-refractivity contribution in [2.24, 2.45) is 0 Å². The van der Waals surface area contributed by atoms with Gasteiger partial charge in [0.15, 0.2) is 0 Å². The van der Waals surface area contributed by atoms with Crippen LogP contribution in [0.1, 0.15) is 18.9 Å². The third kappa shape index (κ3) is 5.56. The number of aliphatic carboxylic acids is 1. The molecule has 2 atom stereocenters. The summed E-state index contributed by atoms with van der Waals surface area (Å²) in [5, 5.41) is 14.3. The summed E-state index contributed by atoms with van der Waals surface area (Å²) in [6, 6.07) is 7.66. The van der Waals surface area contributed by atoms with Gasteiger partial charge >= 0.3 is 12.0 Å². The molecule has 0 aromatic heterocycles. The lowest BCUT2D eigenvalue weighted by molar-refractivity contribution is -0.139. The maximum Gasteiger partial charge on any atom is 0.326 e. The van der Waals surface area contributed by atoms with E-state index < -0.39 is 18.0 Å². The molecule has 0 saturated carbocycles. The number of benzene rings is 1. The van der Waals surface area contributed by atoms with Crippen molar-refractivity contribution in [3.05, 3.63) is 48.6 Å². The Morgan fingerprint density at radius 1 is 1.30 bits per heavy atom. The summed E-state index contributed by atoms with van der Waals surface area (Å²) in [6.45, 7) is 5.41. The lowest BCUT2D eigenvalue weighted by atomic mass is 10.1. The number of amides is 2. The van der Waals surface area contributed by atoms with Gasteiger partial charge in [0, 0.05) is 12.5 Å². The van der Waals surface area contributed by atoms with E-state index in [2.05, 4.69) is 17.2 Å². The van der Waals surface area contributed by atoms with Crippen LogP contribution in [-0.2, 0) is 11.2 Å².